The fraction of sp³-hybridized carbons (Fsp3) is 0.250. The van der Waals surface area contributed by atoms with Crippen molar-refractivity contribution in [1.29, 1.82) is 0 Å². The van der Waals surface area contributed by atoms with Crippen molar-refractivity contribution in [2.24, 2.45) is 0 Å². The summed E-state index contributed by atoms with van der Waals surface area (Å²) >= 11 is 9.91. The van der Waals surface area contributed by atoms with Crippen LogP contribution in [0.1, 0.15) is 16.1 Å². The first-order valence-corrected chi connectivity index (χ1v) is 9.86. The molecular formula is C20H18BrClN2O3. The summed E-state index contributed by atoms with van der Waals surface area (Å²) in [5, 5.41) is 10.7. The molecule has 1 aliphatic rings. The fourth-order valence-corrected chi connectivity index (χ4v) is 4.32. The molecule has 7 heteroatoms. The van der Waals surface area contributed by atoms with Gasteiger partial charge < -0.3 is 14.4 Å². The van der Waals surface area contributed by atoms with E-state index in [1.165, 1.54) is 0 Å². The maximum Gasteiger partial charge on any atom is 0.371 e. The molecule has 0 bridgehead atoms. The molecule has 0 unspecified atom stereocenters. The third-order valence-electron chi connectivity index (χ3n) is 4.89. The van der Waals surface area contributed by atoms with Gasteiger partial charge in [0.25, 0.3) is 0 Å². The van der Waals surface area contributed by atoms with E-state index >= 15 is 0 Å². The molecule has 0 spiro atoms. The van der Waals surface area contributed by atoms with Crippen LogP contribution in [0.5, 0.6) is 0 Å². The molecule has 2 heterocycles. The Labute approximate surface area is 170 Å². The Balaban J connectivity index is 1.48. The molecular weight excluding hydrogens is 432 g/mol. The number of carboxylic acids is 1. The monoisotopic (exact) mass is 448 g/mol. The summed E-state index contributed by atoms with van der Waals surface area (Å²) in [4.78, 5) is 15.8. The van der Waals surface area contributed by atoms with Gasteiger partial charge >= 0.3 is 5.97 Å². The average molecular weight is 450 g/mol. The Kier molecular flexibility index (Phi) is 5.12. The summed E-state index contributed by atoms with van der Waals surface area (Å²) in [5.41, 5.74) is 2.77. The Hall–Kier alpha value is -2.02. The van der Waals surface area contributed by atoms with Crippen LogP contribution in [0, 0.1) is 0 Å². The van der Waals surface area contributed by atoms with Crippen molar-refractivity contribution in [3.8, 4) is 0 Å². The number of halogens is 2. The van der Waals surface area contributed by atoms with Crippen molar-refractivity contribution in [3.63, 3.8) is 0 Å². The molecule has 1 aliphatic heterocycles. The van der Waals surface area contributed by atoms with E-state index in [4.69, 9.17) is 21.1 Å². The highest BCUT2D eigenvalue weighted by atomic mass is 79.9. The molecule has 2 aromatic carbocycles. The van der Waals surface area contributed by atoms with Crippen LogP contribution in [0.25, 0.3) is 11.0 Å². The minimum absolute atomic E-state index is 0.0487. The number of carboxylic acid groups (broad SMARTS) is 1. The number of hydrogen-bond acceptors (Lipinski definition) is 4. The summed E-state index contributed by atoms with van der Waals surface area (Å²) in [6.07, 6.45) is 0. The van der Waals surface area contributed by atoms with Crippen LogP contribution in [-0.4, -0.2) is 42.2 Å². The lowest BCUT2D eigenvalue weighted by atomic mass is 10.1. The zero-order valence-corrected chi connectivity index (χ0v) is 16.8. The number of nitrogens with zero attached hydrogens (tertiary/aromatic N) is 2. The first-order valence-electron chi connectivity index (χ1n) is 8.69. The number of fused-ring (bicyclic) bond motifs is 1. The fourth-order valence-electron chi connectivity index (χ4n) is 3.43. The van der Waals surface area contributed by atoms with Gasteiger partial charge in [-0.25, -0.2) is 4.79 Å². The van der Waals surface area contributed by atoms with Gasteiger partial charge in [0.1, 0.15) is 5.58 Å². The molecule has 27 heavy (non-hydrogen) atoms. The number of piperazine rings is 1. The van der Waals surface area contributed by atoms with E-state index in [0.717, 1.165) is 58.9 Å². The van der Waals surface area contributed by atoms with Gasteiger partial charge in [-0.05, 0) is 39.7 Å². The molecule has 5 nitrogen and oxygen atoms in total. The summed E-state index contributed by atoms with van der Waals surface area (Å²) in [6, 6.07) is 13.3. The second kappa shape index (κ2) is 7.54. The second-order valence-corrected chi connectivity index (χ2v) is 7.78. The predicted octanol–water partition coefficient (Wildman–Crippen LogP) is 4.87. The predicted molar refractivity (Wildman–Crippen MR) is 110 cm³/mol. The number of furan rings is 1. The minimum atomic E-state index is -1.06. The van der Waals surface area contributed by atoms with Crippen molar-refractivity contribution in [2.45, 2.75) is 6.54 Å². The number of anilines is 1. The van der Waals surface area contributed by atoms with Crippen LogP contribution in [0.15, 0.2) is 51.4 Å². The number of benzene rings is 2. The van der Waals surface area contributed by atoms with E-state index in [9.17, 15) is 4.79 Å². The maximum atomic E-state index is 11.1. The molecule has 0 amide bonds. The van der Waals surface area contributed by atoms with Gasteiger partial charge in [-0.3, -0.25) is 4.90 Å². The highest BCUT2D eigenvalue weighted by Gasteiger charge is 2.22. The van der Waals surface area contributed by atoms with Gasteiger partial charge in [0.15, 0.2) is 0 Å². The summed E-state index contributed by atoms with van der Waals surface area (Å²) in [7, 11) is 0. The molecule has 0 saturated carbocycles. The topological polar surface area (TPSA) is 56.9 Å². The Morgan fingerprint density at radius 1 is 1.15 bits per heavy atom. The van der Waals surface area contributed by atoms with Gasteiger partial charge in [-0.2, -0.15) is 0 Å². The summed E-state index contributed by atoms with van der Waals surface area (Å²) < 4.78 is 6.25. The first kappa shape index (κ1) is 18.3. The zero-order chi connectivity index (χ0) is 19.0. The lowest BCUT2D eigenvalue weighted by Gasteiger charge is -2.36. The lowest BCUT2D eigenvalue weighted by molar-refractivity contribution is 0.0665. The largest absolute Gasteiger partial charge is 0.475 e. The molecule has 0 atom stereocenters. The number of rotatable bonds is 4. The van der Waals surface area contributed by atoms with Crippen molar-refractivity contribution in [2.75, 3.05) is 31.1 Å². The molecule has 1 fully saturated rings. The minimum Gasteiger partial charge on any atom is -0.475 e. The van der Waals surface area contributed by atoms with E-state index in [1.807, 2.05) is 30.3 Å². The smallest absolute Gasteiger partial charge is 0.371 e. The van der Waals surface area contributed by atoms with Crippen LogP contribution in [-0.2, 0) is 6.54 Å². The number of carbonyl (C=O) groups is 1. The van der Waals surface area contributed by atoms with Crippen molar-refractivity contribution in [1.82, 2.24) is 4.90 Å². The molecule has 140 valence electrons. The van der Waals surface area contributed by atoms with E-state index in [0.29, 0.717) is 5.58 Å². The summed E-state index contributed by atoms with van der Waals surface area (Å²) in [6.45, 7) is 4.48. The molecule has 1 saturated heterocycles. The summed E-state index contributed by atoms with van der Waals surface area (Å²) in [5.74, 6) is -1.11. The quantitative estimate of drug-likeness (QED) is 0.616. The van der Waals surface area contributed by atoms with E-state index < -0.39 is 5.97 Å². The standard InChI is InChI=1S/C20H18BrClN2O3/c21-19-14-11-18(20(25)26)27-17(14)6-5-16(19)24-9-7-23(8-10-24)12-13-3-1-2-4-15(13)22/h1-6,11H,7-10,12H2,(H,25,26). The Morgan fingerprint density at radius 2 is 1.89 bits per heavy atom. The third-order valence-corrected chi connectivity index (χ3v) is 6.09. The maximum absolute atomic E-state index is 11.1. The third kappa shape index (κ3) is 3.70. The van der Waals surface area contributed by atoms with Gasteiger partial charge in [-0.15, -0.1) is 0 Å². The zero-order valence-electron chi connectivity index (χ0n) is 14.5. The van der Waals surface area contributed by atoms with Crippen molar-refractivity contribution in [3.05, 3.63) is 63.3 Å². The first-order chi connectivity index (χ1) is 13.0. The molecule has 3 aromatic rings. The molecule has 0 aliphatic carbocycles. The van der Waals surface area contributed by atoms with E-state index in [1.54, 1.807) is 6.07 Å². The van der Waals surface area contributed by atoms with Gasteiger partial charge in [0.05, 0.1) is 10.2 Å². The van der Waals surface area contributed by atoms with Gasteiger partial charge in [0.2, 0.25) is 5.76 Å². The lowest BCUT2D eigenvalue weighted by Crippen LogP contribution is -2.46. The van der Waals surface area contributed by atoms with Crippen LogP contribution in [0.3, 0.4) is 0 Å². The molecule has 1 aromatic heterocycles. The molecule has 4 rings (SSSR count). The van der Waals surface area contributed by atoms with Gasteiger partial charge in [-0.1, -0.05) is 29.8 Å². The Bertz CT molecular complexity index is 996. The van der Waals surface area contributed by atoms with Gasteiger partial charge in [0, 0.05) is 49.2 Å². The van der Waals surface area contributed by atoms with Crippen molar-refractivity contribution < 1.29 is 14.3 Å². The van der Waals surface area contributed by atoms with Crippen LogP contribution >= 0.6 is 27.5 Å². The highest BCUT2D eigenvalue weighted by Crippen LogP contribution is 2.36. The van der Waals surface area contributed by atoms with Crippen LogP contribution in [0.4, 0.5) is 5.69 Å². The van der Waals surface area contributed by atoms with Crippen LogP contribution < -0.4 is 4.90 Å². The highest BCUT2D eigenvalue weighted by molar-refractivity contribution is 9.10. The van der Waals surface area contributed by atoms with E-state index in [2.05, 4.69) is 31.8 Å². The molecule has 0 radical (unpaired) electrons. The van der Waals surface area contributed by atoms with E-state index in [-0.39, 0.29) is 5.76 Å². The molecule has 1 N–H and O–H groups in total. The number of aromatic carboxylic acids is 1. The number of hydrogen-bond donors (Lipinski definition) is 1. The average Bonchev–Trinajstić information content (AvgIpc) is 3.11. The SMILES string of the molecule is O=C(O)c1cc2c(Br)c(N3CCN(Cc4ccccc4Cl)CC3)ccc2o1. The Morgan fingerprint density at radius 3 is 2.59 bits per heavy atom. The normalized spacial score (nSPS) is 15.4. The van der Waals surface area contributed by atoms with Crippen molar-refractivity contribution >= 4 is 50.2 Å². The second-order valence-electron chi connectivity index (χ2n) is 6.58. The van der Waals surface area contributed by atoms with Crippen LogP contribution in [0.2, 0.25) is 5.02 Å².